The van der Waals surface area contributed by atoms with Gasteiger partial charge in [0.1, 0.15) is 29.7 Å². The zero-order valence-electron chi connectivity index (χ0n) is 25.4. The second kappa shape index (κ2) is 13.1. The number of benzene rings is 3. The molecule has 4 nitrogen and oxygen atoms in total. The van der Waals surface area contributed by atoms with E-state index in [9.17, 15) is 8.78 Å². The molecule has 2 heterocycles. The first-order valence-corrected chi connectivity index (χ1v) is 16.0. The Balaban J connectivity index is 1.24. The average Bonchev–Trinajstić information content (AvgIpc) is 3.18. The van der Waals surface area contributed by atoms with E-state index in [0.717, 1.165) is 63.2 Å². The number of nitrogens with zero attached hydrogens (tertiary/aromatic N) is 1. The Hall–Kier alpha value is -3.10. The summed E-state index contributed by atoms with van der Waals surface area (Å²) in [6.45, 7) is 2.92. The standard InChI is InChI=1S/C36H42F4N2O2/c1-35(39,40)24-42-18-13-26-19-28(43-22-25-7-3-2-4-8-25)10-11-30(26)34(42)33-31(37)20-29(21-32(33)38)44-27-9-5-14-36(16-12-27)15-6-17-41-23-36/h2-4,7-8,10-11,19-21,27,34,41H,5-6,9,12-18,22-24H2,1H3. The first-order valence-electron chi connectivity index (χ1n) is 16.0. The highest BCUT2D eigenvalue weighted by molar-refractivity contribution is 5.46. The minimum Gasteiger partial charge on any atom is -0.490 e. The van der Waals surface area contributed by atoms with Crippen LogP contribution in [0.25, 0.3) is 0 Å². The van der Waals surface area contributed by atoms with Crippen LogP contribution in [0.2, 0.25) is 0 Å². The topological polar surface area (TPSA) is 33.7 Å². The SMILES string of the molecule is CC(F)(F)CN1CCc2cc(OCc3ccccc3)ccc2C1c1c(F)cc(OC2CCCC3(CCCNC3)CC2)cc1F. The van der Waals surface area contributed by atoms with Crippen LogP contribution in [0.4, 0.5) is 17.6 Å². The molecule has 3 aliphatic rings. The van der Waals surface area contributed by atoms with E-state index in [4.69, 9.17) is 9.47 Å². The van der Waals surface area contributed by atoms with Gasteiger partial charge in [-0.2, -0.15) is 0 Å². The van der Waals surface area contributed by atoms with Crippen molar-refractivity contribution >= 4 is 0 Å². The van der Waals surface area contributed by atoms with Gasteiger partial charge in [0.25, 0.3) is 5.92 Å². The van der Waals surface area contributed by atoms with Crippen LogP contribution in [-0.4, -0.2) is 43.1 Å². The molecule has 8 heteroatoms. The third kappa shape index (κ3) is 7.23. The van der Waals surface area contributed by atoms with Gasteiger partial charge in [0.05, 0.1) is 18.7 Å². The van der Waals surface area contributed by atoms with E-state index >= 15 is 8.78 Å². The largest absolute Gasteiger partial charge is 0.490 e. The van der Waals surface area contributed by atoms with Crippen molar-refractivity contribution in [1.82, 2.24) is 10.2 Å². The van der Waals surface area contributed by atoms with Crippen molar-refractivity contribution in [1.29, 1.82) is 0 Å². The van der Waals surface area contributed by atoms with E-state index in [1.54, 1.807) is 12.1 Å². The molecule has 1 spiro atoms. The van der Waals surface area contributed by atoms with Crippen molar-refractivity contribution in [2.45, 2.75) is 83.0 Å². The van der Waals surface area contributed by atoms with Crippen LogP contribution in [0.5, 0.6) is 11.5 Å². The molecule has 44 heavy (non-hydrogen) atoms. The van der Waals surface area contributed by atoms with Gasteiger partial charge in [-0.1, -0.05) is 36.4 Å². The van der Waals surface area contributed by atoms with E-state index in [0.29, 0.717) is 29.8 Å². The van der Waals surface area contributed by atoms with Crippen LogP contribution in [0, 0.1) is 17.0 Å². The number of piperidine rings is 1. The fourth-order valence-electron chi connectivity index (χ4n) is 7.45. The summed E-state index contributed by atoms with van der Waals surface area (Å²) >= 11 is 0. The van der Waals surface area contributed by atoms with E-state index in [1.807, 2.05) is 36.4 Å². The molecule has 1 saturated heterocycles. The molecule has 0 radical (unpaired) electrons. The molecule has 0 aromatic heterocycles. The third-order valence-electron chi connectivity index (χ3n) is 9.59. The summed E-state index contributed by atoms with van der Waals surface area (Å²) in [6, 6.07) is 16.6. The lowest BCUT2D eigenvalue weighted by molar-refractivity contribution is -0.0245. The predicted octanol–water partition coefficient (Wildman–Crippen LogP) is 8.23. The molecule has 3 aromatic rings. The summed E-state index contributed by atoms with van der Waals surface area (Å²) in [7, 11) is 0. The Morgan fingerprint density at radius 3 is 2.43 bits per heavy atom. The molecule has 1 saturated carbocycles. The molecular weight excluding hydrogens is 568 g/mol. The van der Waals surface area contributed by atoms with Gasteiger partial charge in [0, 0.05) is 37.7 Å². The highest BCUT2D eigenvalue weighted by atomic mass is 19.3. The minimum absolute atomic E-state index is 0.110. The Bertz CT molecular complexity index is 1400. The predicted molar refractivity (Wildman–Crippen MR) is 163 cm³/mol. The van der Waals surface area contributed by atoms with Gasteiger partial charge in [0.2, 0.25) is 0 Å². The number of halogens is 4. The first-order chi connectivity index (χ1) is 21.2. The van der Waals surface area contributed by atoms with E-state index in [2.05, 4.69) is 5.32 Å². The fraction of sp³-hybridized carbons (Fsp3) is 0.500. The van der Waals surface area contributed by atoms with Crippen LogP contribution in [0.15, 0.2) is 60.7 Å². The second-order valence-corrected chi connectivity index (χ2v) is 13.1. The van der Waals surface area contributed by atoms with Crippen molar-refractivity contribution in [3.05, 3.63) is 94.6 Å². The highest BCUT2D eigenvalue weighted by Gasteiger charge is 2.38. The molecule has 0 amide bonds. The number of rotatable bonds is 8. The van der Waals surface area contributed by atoms with Crippen LogP contribution in [0.1, 0.15) is 80.2 Å². The quantitative estimate of drug-likeness (QED) is 0.261. The molecule has 0 bridgehead atoms. The van der Waals surface area contributed by atoms with Crippen LogP contribution >= 0.6 is 0 Å². The Morgan fingerprint density at radius 1 is 0.932 bits per heavy atom. The Labute approximate surface area is 257 Å². The molecule has 3 aromatic carbocycles. The molecule has 3 atom stereocenters. The normalized spacial score (nSPS) is 24.5. The van der Waals surface area contributed by atoms with Crippen LogP contribution in [-0.2, 0) is 13.0 Å². The zero-order chi connectivity index (χ0) is 30.7. The van der Waals surface area contributed by atoms with Gasteiger partial charge >= 0.3 is 0 Å². The lowest BCUT2D eigenvalue weighted by atomic mass is 9.75. The summed E-state index contributed by atoms with van der Waals surface area (Å²) in [5.41, 5.74) is 2.52. The highest BCUT2D eigenvalue weighted by Crippen LogP contribution is 2.43. The second-order valence-electron chi connectivity index (χ2n) is 13.1. The first kappa shape index (κ1) is 30.9. The molecular formula is C36H42F4N2O2. The van der Waals surface area contributed by atoms with Crippen LogP contribution in [0.3, 0.4) is 0 Å². The Kier molecular flexibility index (Phi) is 9.20. The van der Waals surface area contributed by atoms with E-state index in [-0.39, 0.29) is 24.0 Å². The van der Waals surface area contributed by atoms with Gasteiger partial charge in [0.15, 0.2) is 0 Å². The Morgan fingerprint density at radius 2 is 1.70 bits per heavy atom. The monoisotopic (exact) mass is 610 g/mol. The number of ether oxygens (including phenoxy) is 2. The van der Waals surface area contributed by atoms with Crippen molar-refractivity contribution < 1.29 is 27.0 Å². The number of hydrogen-bond donors (Lipinski definition) is 1. The van der Waals surface area contributed by atoms with E-state index < -0.39 is 30.1 Å². The minimum atomic E-state index is -3.03. The summed E-state index contributed by atoms with van der Waals surface area (Å²) in [6.07, 6.45) is 7.62. The van der Waals surface area contributed by atoms with Crippen LogP contribution < -0.4 is 14.8 Å². The smallest absolute Gasteiger partial charge is 0.257 e. The zero-order valence-corrected chi connectivity index (χ0v) is 25.4. The van der Waals surface area contributed by atoms with Crippen molar-refractivity contribution in [3.63, 3.8) is 0 Å². The maximum absolute atomic E-state index is 15.9. The maximum Gasteiger partial charge on any atom is 0.257 e. The molecule has 2 fully saturated rings. The summed E-state index contributed by atoms with van der Waals surface area (Å²) in [5, 5.41) is 3.53. The number of hydrogen-bond acceptors (Lipinski definition) is 4. The summed E-state index contributed by atoms with van der Waals surface area (Å²) < 4.78 is 72.7. The molecule has 1 aliphatic carbocycles. The molecule has 3 unspecified atom stereocenters. The molecule has 2 aliphatic heterocycles. The van der Waals surface area contributed by atoms with E-state index in [1.165, 1.54) is 29.9 Å². The number of nitrogens with one attached hydrogen (secondary N) is 1. The lowest BCUT2D eigenvalue weighted by Crippen LogP contribution is -2.43. The van der Waals surface area contributed by atoms with Crippen molar-refractivity contribution in [3.8, 4) is 11.5 Å². The maximum atomic E-state index is 15.9. The van der Waals surface area contributed by atoms with Crippen molar-refractivity contribution in [2.24, 2.45) is 5.41 Å². The number of fused-ring (bicyclic) bond motifs is 1. The number of alkyl halides is 2. The molecule has 6 rings (SSSR count). The van der Waals surface area contributed by atoms with Crippen molar-refractivity contribution in [2.75, 3.05) is 26.2 Å². The van der Waals surface area contributed by atoms with Gasteiger partial charge in [-0.25, -0.2) is 17.6 Å². The van der Waals surface area contributed by atoms with Gasteiger partial charge in [-0.15, -0.1) is 0 Å². The average molecular weight is 611 g/mol. The van der Waals surface area contributed by atoms with Gasteiger partial charge < -0.3 is 14.8 Å². The molecule has 236 valence electrons. The lowest BCUT2D eigenvalue weighted by Gasteiger charge is -2.39. The fourth-order valence-corrected chi connectivity index (χ4v) is 7.45. The summed E-state index contributed by atoms with van der Waals surface area (Å²) in [4.78, 5) is 1.48. The summed E-state index contributed by atoms with van der Waals surface area (Å²) in [5.74, 6) is -3.82. The van der Waals surface area contributed by atoms with Gasteiger partial charge in [-0.05, 0) is 92.1 Å². The third-order valence-corrected chi connectivity index (χ3v) is 9.59. The molecule has 1 N–H and O–H groups in total. The van der Waals surface area contributed by atoms with Gasteiger partial charge in [-0.3, -0.25) is 4.90 Å².